The molecule has 0 aromatic rings. The molecule has 6 heteroatoms. The quantitative estimate of drug-likeness (QED) is 0.533. The molecule has 3 amide bonds. The van der Waals surface area contributed by atoms with Gasteiger partial charge in [0.15, 0.2) is 0 Å². The summed E-state index contributed by atoms with van der Waals surface area (Å²) in [5.74, 6) is -0.269. The molecule has 0 aliphatic carbocycles. The van der Waals surface area contributed by atoms with E-state index in [4.69, 9.17) is 11.2 Å². The number of imide groups is 1. The molecule has 1 aliphatic heterocycles. The summed E-state index contributed by atoms with van der Waals surface area (Å²) in [7, 11) is -0.558. The second kappa shape index (κ2) is 2.63. The predicted molar refractivity (Wildman–Crippen MR) is 40.9 cm³/mol. The summed E-state index contributed by atoms with van der Waals surface area (Å²) in [6.45, 7) is 0.113. The number of rotatable bonds is 1. The average molecular weight is 178 g/mol. The maximum absolute atomic E-state index is 10.8. The molecule has 1 atom stereocenters. The third kappa shape index (κ3) is 1.32. The van der Waals surface area contributed by atoms with Gasteiger partial charge < -0.3 is 0 Å². The van der Waals surface area contributed by atoms with Crippen molar-refractivity contribution in [2.24, 2.45) is 0 Å². The molecule has 0 aromatic heterocycles. The third-order valence-corrected chi connectivity index (χ3v) is 2.53. The van der Waals surface area contributed by atoms with Gasteiger partial charge in [-0.1, -0.05) is 0 Å². The van der Waals surface area contributed by atoms with E-state index in [-0.39, 0.29) is 18.5 Å². The van der Waals surface area contributed by atoms with Crippen LogP contribution in [-0.4, -0.2) is 29.0 Å². The maximum Gasteiger partial charge on any atom is 0.334 e. The molecule has 1 aliphatic rings. The molecular formula is C4H6N2O2S2. The van der Waals surface area contributed by atoms with Crippen LogP contribution < -0.4 is 5.32 Å². The Labute approximate surface area is 65.3 Å². The lowest BCUT2D eigenvalue weighted by molar-refractivity contribution is -0.118. The van der Waals surface area contributed by atoms with Gasteiger partial charge in [0.25, 0.3) is 0 Å². The van der Waals surface area contributed by atoms with Crippen molar-refractivity contribution in [2.45, 2.75) is 0 Å². The molecule has 0 radical (unpaired) electrons. The molecule has 56 valence electrons. The summed E-state index contributed by atoms with van der Waals surface area (Å²) in [5, 5.41) is 2.14. The Morgan fingerprint density at radius 1 is 1.70 bits per heavy atom. The fourth-order valence-electron chi connectivity index (χ4n) is 0.631. The molecule has 1 saturated heterocycles. The van der Waals surface area contributed by atoms with E-state index in [1.165, 1.54) is 4.31 Å². The molecule has 0 aromatic carbocycles. The highest BCUT2D eigenvalue weighted by Crippen LogP contribution is 1.99. The van der Waals surface area contributed by atoms with E-state index >= 15 is 0 Å². The van der Waals surface area contributed by atoms with Crippen molar-refractivity contribution >= 4 is 32.8 Å². The van der Waals surface area contributed by atoms with Crippen molar-refractivity contribution in [3.05, 3.63) is 0 Å². The first kappa shape index (κ1) is 7.62. The summed E-state index contributed by atoms with van der Waals surface area (Å²) >= 11 is 4.81. The normalized spacial score (nSPS) is 21.1. The number of urea groups is 1. The lowest BCUT2D eigenvalue weighted by Gasteiger charge is -2.09. The number of hydrogen-bond donors (Lipinski definition) is 1. The van der Waals surface area contributed by atoms with Gasteiger partial charge in [-0.3, -0.25) is 14.4 Å². The predicted octanol–water partition coefficient (Wildman–Crippen LogP) is -0.837. The lowest BCUT2D eigenvalue weighted by Crippen LogP contribution is -2.28. The second-order valence-electron chi connectivity index (χ2n) is 1.81. The molecule has 10 heavy (non-hydrogen) atoms. The van der Waals surface area contributed by atoms with Crippen molar-refractivity contribution in [1.29, 1.82) is 0 Å². The lowest BCUT2D eigenvalue weighted by atomic mass is 10.7. The molecular weight excluding hydrogens is 172 g/mol. The van der Waals surface area contributed by atoms with Gasteiger partial charge in [0.2, 0.25) is 5.91 Å². The minimum Gasteiger partial charge on any atom is -0.276 e. The maximum atomic E-state index is 10.8. The second-order valence-corrected chi connectivity index (χ2v) is 4.55. The summed E-state index contributed by atoms with van der Waals surface area (Å²) in [6.07, 6.45) is 1.72. The van der Waals surface area contributed by atoms with Crippen LogP contribution in [0.4, 0.5) is 4.79 Å². The first-order valence-corrected chi connectivity index (χ1v) is 5.07. The van der Waals surface area contributed by atoms with Crippen molar-refractivity contribution < 1.29 is 9.59 Å². The Morgan fingerprint density at radius 3 is 2.50 bits per heavy atom. The van der Waals surface area contributed by atoms with E-state index in [1.807, 2.05) is 0 Å². The average Bonchev–Trinajstić information content (AvgIpc) is 2.10. The number of amides is 3. The molecule has 4 nitrogen and oxygen atoms in total. The van der Waals surface area contributed by atoms with Gasteiger partial charge >= 0.3 is 6.03 Å². The molecule has 1 fully saturated rings. The van der Waals surface area contributed by atoms with Gasteiger partial charge in [-0.2, -0.15) is 0 Å². The summed E-state index contributed by atoms with van der Waals surface area (Å²) in [4.78, 5) is 21.3. The summed E-state index contributed by atoms with van der Waals surface area (Å²) < 4.78 is 1.33. The Balaban J connectivity index is 2.72. The number of carbonyl (C=O) groups excluding carboxylic acids is 2. The molecule has 0 spiro atoms. The van der Waals surface area contributed by atoms with Crippen LogP contribution in [0.25, 0.3) is 0 Å². The molecule has 1 unspecified atom stereocenters. The zero-order valence-electron chi connectivity index (χ0n) is 5.29. The fourth-order valence-corrected chi connectivity index (χ4v) is 1.57. The smallest absolute Gasteiger partial charge is 0.276 e. The minimum absolute atomic E-state index is 0.113. The van der Waals surface area contributed by atoms with E-state index in [2.05, 4.69) is 5.32 Å². The number of carbonyl (C=O) groups is 2. The fraction of sp³-hybridized carbons (Fsp3) is 0.500. The highest BCUT2D eigenvalue weighted by Gasteiger charge is 2.27. The zero-order valence-corrected chi connectivity index (χ0v) is 6.92. The van der Waals surface area contributed by atoms with E-state index in [9.17, 15) is 9.59 Å². The highest BCUT2D eigenvalue weighted by molar-refractivity contribution is 8.27. The number of hydrogen-bond acceptors (Lipinski definition) is 3. The topological polar surface area (TPSA) is 49.4 Å². The van der Waals surface area contributed by atoms with Gasteiger partial charge in [0.1, 0.15) is 6.54 Å². The first-order valence-electron chi connectivity index (χ1n) is 2.56. The van der Waals surface area contributed by atoms with Crippen molar-refractivity contribution in [1.82, 2.24) is 9.62 Å². The van der Waals surface area contributed by atoms with Gasteiger partial charge in [0.05, 0.1) is 0 Å². The zero-order chi connectivity index (χ0) is 7.72. The third-order valence-electron chi connectivity index (χ3n) is 1.07. The highest BCUT2D eigenvalue weighted by atomic mass is 32.8. The van der Waals surface area contributed by atoms with Crippen LogP contribution in [-0.2, 0) is 25.6 Å². The Hall–Kier alpha value is -0.490. The van der Waals surface area contributed by atoms with Crippen LogP contribution in [0.1, 0.15) is 0 Å². The van der Waals surface area contributed by atoms with Crippen molar-refractivity contribution in [3.63, 3.8) is 0 Å². The van der Waals surface area contributed by atoms with Crippen molar-refractivity contribution in [3.8, 4) is 0 Å². The Bertz CT molecular complexity index is 215. The van der Waals surface area contributed by atoms with E-state index in [1.54, 1.807) is 6.26 Å². The van der Waals surface area contributed by atoms with Crippen LogP contribution in [0.3, 0.4) is 0 Å². The van der Waals surface area contributed by atoms with Crippen LogP contribution in [0, 0.1) is 0 Å². The number of nitrogens with one attached hydrogen (secondary N) is 1. The van der Waals surface area contributed by atoms with Gasteiger partial charge in [-0.25, -0.2) is 4.79 Å². The largest absolute Gasteiger partial charge is 0.334 e. The summed E-state index contributed by atoms with van der Waals surface area (Å²) in [5.41, 5.74) is 0. The Morgan fingerprint density at radius 2 is 2.30 bits per heavy atom. The van der Waals surface area contributed by atoms with Crippen LogP contribution in [0.15, 0.2) is 0 Å². The standard InChI is InChI=1S/C4H6N2O2S2/c1-10(9)6-2-3(7)5-4(6)8/h2H2,1H3,(H,5,7,8). The summed E-state index contributed by atoms with van der Waals surface area (Å²) in [6, 6.07) is -0.370. The molecule has 0 bridgehead atoms. The van der Waals surface area contributed by atoms with Crippen LogP contribution in [0.2, 0.25) is 0 Å². The van der Waals surface area contributed by atoms with Gasteiger partial charge in [-0.05, 0) is 20.8 Å². The number of nitrogens with zero attached hydrogens (tertiary/aromatic N) is 1. The van der Waals surface area contributed by atoms with E-state index in [0.29, 0.717) is 0 Å². The SMILES string of the molecule is CS(=S)N1CC(=O)NC1=O. The van der Waals surface area contributed by atoms with Crippen LogP contribution >= 0.6 is 0 Å². The minimum atomic E-state index is -0.558. The molecule has 1 heterocycles. The monoisotopic (exact) mass is 178 g/mol. The Kier molecular flexibility index (Phi) is 2.00. The van der Waals surface area contributed by atoms with Crippen LogP contribution in [0.5, 0.6) is 0 Å². The molecule has 1 rings (SSSR count). The van der Waals surface area contributed by atoms with Crippen molar-refractivity contribution in [2.75, 3.05) is 12.8 Å². The molecule has 0 saturated carbocycles. The van der Waals surface area contributed by atoms with Gasteiger partial charge in [0, 0.05) is 6.26 Å². The van der Waals surface area contributed by atoms with Gasteiger partial charge in [-0.15, -0.1) is 0 Å². The first-order chi connectivity index (χ1) is 4.61. The van der Waals surface area contributed by atoms with E-state index < -0.39 is 9.64 Å². The van der Waals surface area contributed by atoms with E-state index in [0.717, 1.165) is 0 Å². The molecule has 1 N–H and O–H groups in total.